The van der Waals surface area contributed by atoms with Crippen molar-refractivity contribution in [2.75, 3.05) is 6.61 Å². The Morgan fingerprint density at radius 1 is 1.12 bits per heavy atom. The Labute approximate surface area is 198 Å². The number of carbonyl (C=O) groups is 3. The molecular formula is C24H18ClNO6S. The first-order chi connectivity index (χ1) is 15.9. The molecule has 0 saturated carbocycles. The molecule has 0 N–H and O–H groups in total. The summed E-state index contributed by atoms with van der Waals surface area (Å²) in [7, 11) is 0. The van der Waals surface area contributed by atoms with Gasteiger partial charge < -0.3 is 13.9 Å². The largest absolute Gasteiger partial charge is 0.490 e. The zero-order valence-corrected chi connectivity index (χ0v) is 19.0. The Hall–Kier alpha value is -3.49. The maximum absolute atomic E-state index is 12.8. The normalized spacial score (nSPS) is 14.7. The molecular weight excluding hydrogens is 466 g/mol. The van der Waals surface area contributed by atoms with Gasteiger partial charge in [0.2, 0.25) is 5.76 Å². The molecule has 0 spiro atoms. The van der Waals surface area contributed by atoms with E-state index in [4.69, 9.17) is 25.5 Å². The van der Waals surface area contributed by atoms with E-state index in [2.05, 4.69) is 0 Å². The van der Waals surface area contributed by atoms with Crippen LogP contribution in [0.15, 0.2) is 70.2 Å². The second kappa shape index (κ2) is 9.97. The van der Waals surface area contributed by atoms with Crippen molar-refractivity contribution in [3.05, 3.63) is 87.7 Å². The van der Waals surface area contributed by atoms with Gasteiger partial charge in [-0.15, -0.1) is 0 Å². The zero-order valence-electron chi connectivity index (χ0n) is 17.4. The first-order valence-corrected chi connectivity index (χ1v) is 11.2. The fourth-order valence-corrected chi connectivity index (χ4v) is 4.04. The summed E-state index contributed by atoms with van der Waals surface area (Å²) in [4.78, 5) is 38.9. The van der Waals surface area contributed by atoms with Crippen LogP contribution in [0, 0.1) is 0 Å². The Morgan fingerprint density at radius 2 is 1.91 bits per heavy atom. The number of rotatable bonds is 7. The third kappa shape index (κ3) is 5.30. The van der Waals surface area contributed by atoms with Gasteiger partial charge in [0.05, 0.1) is 24.3 Å². The highest BCUT2D eigenvalue weighted by atomic mass is 35.5. The second-order valence-corrected chi connectivity index (χ2v) is 8.33. The quantitative estimate of drug-likeness (QED) is 0.239. The first-order valence-electron chi connectivity index (χ1n) is 9.97. The van der Waals surface area contributed by atoms with Crippen LogP contribution < -0.4 is 9.47 Å². The van der Waals surface area contributed by atoms with Crippen molar-refractivity contribution in [1.29, 1.82) is 0 Å². The number of nitrogens with zero attached hydrogens (tertiary/aromatic N) is 1. The van der Waals surface area contributed by atoms with E-state index in [-0.39, 0.29) is 34.1 Å². The number of furan rings is 1. The summed E-state index contributed by atoms with van der Waals surface area (Å²) < 4.78 is 16.0. The van der Waals surface area contributed by atoms with Crippen LogP contribution in [0.1, 0.15) is 28.6 Å². The molecule has 0 unspecified atom stereocenters. The summed E-state index contributed by atoms with van der Waals surface area (Å²) in [5.74, 6) is -0.433. The molecule has 3 aromatic rings. The van der Waals surface area contributed by atoms with E-state index >= 15 is 0 Å². The topological polar surface area (TPSA) is 86.0 Å². The second-order valence-electron chi connectivity index (χ2n) is 6.90. The van der Waals surface area contributed by atoms with E-state index in [0.717, 1.165) is 17.3 Å². The van der Waals surface area contributed by atoms with Gasteiger partial charge in [-0.05, 0) is 72.3 Å². The highest BCUT2D eigenvalue weighted by molar-refractivity contribution is 8.18. The van der Waals surface area contributed by atoms with Crippen molar-refractivity contribution in [2.45, 2.75) is 13.5 Å². The van der Waals surface area contributed by atoms with Gasteiger partial charge in [0, 0.05) is 5.02 Å². The number of amides is 2. The van der Waals surface area contributed by atoms with Crippen LogP contribution in [0.25, 0.3) is 6.08 Å². The summed E-state index contributed by atoms with van der Waals surface area (Å²) in [6, 6.07) is 14.9. The van der Waals surface area contributed by atoms with E-state index in [1.807, 2.05) is 0 Å². The third-order valence-corrected chi connectivity index (χ3v) is 5.78. The van der Waals surface area contributed by atoms with E-state index in [1.54, 1.807) is 61.5 Å². The van der Waals surface area contributed by atoms with E-state index in [9.17, 15) is 14.4 Å². The van der Waals surface area contributed by atoms with Crippen LogP contribution in [-0.4, -0.2) is 28.6 Å². The van der Waals surface area contributed by atoms with Crippen molar-refractivity contribution in [3.8, 4) is 11.5 Å². The van der Waals surface area contributed by atoms with Crippen molar-refractivity contribution in [3.63, 3.8) is 0 Å². The van der Waals surface area contributed by atoms with Gasteiger partial charge in [0.25, 0.3) is 11.1 Å². The molecule has 0 radical (unpaired) electrons. The van der Waals surface area contributed by atoms with Crippen LogP contribution >= 0.6 is 23.4 Å². The number of hydrogen-bond donors (Lipinski definition) is 0. The summed E-state index contributed by atoms with van der Waals surface area (Å²) >= 11 is 6.76. The lowest BCUT2D eigenvalue weighted by Gasteiger charge is -2.12. The first kappa shape index (κ1) is 22.7. The Balaban J connectivity index is 1.53. The molecule has 1 aromatic heterocycles. The predicted octanol–water partition coefficient (Wildman–Crippen LogP) is 5.79. The predicted molar refractivity (Wildman–Crippen MR) is 124 cm³/mol. The number of thioether (sulfide) groups is 1. The van der Waals surface area contributed by atoms with Gasteiger partial charge in [-0.2, -0.15) is 0 Å². The van der Waals surface area contributed by atoms with Crippen molar-refractivity contribution >= 4 is 46.6 Å². The molecule has 0 atom stereocenters. The Kier molecular flexibility index (Phi) is 6.86. The molecule has 2 heterocycles. The summed E-state index contributed by atoms with van der Waals surface area (Å²) in [5.41, 5.74) is 1.41. The molecule has 1 fully saturated rings. The number of imide groups is 1. The number of esters is 1. The Morgan fingerprint density at radius 3 is 2.61 bits per heavy atom. The maximum atomic E-state index is 12.8. The molecule has 2 amide bonds. The molecule has 2 aromatic carbocycles. The molecule has 4 rings (SSSR count). The lowest BCUT2D eigenvalue weighted by atomic mass is 10.1. The summed E-state index contributed by atoms with van der Waals surface area (Å²) in [5, 5.41) is 0.228. The van der Waals surface area contributed by atoms with E-state index in [0.29, 0.717) is 22.9 Å². The smallest absolute Gasteiger partial charge is 0.379 e. The summed E-state index contributed by atoms with van der Waals surface area (Å²) in [6.07, 6.45) is 2.98. The fourth-order valence-electron chi connectivity index (χ4n) is 3.07. The van der Waals surface area contributed by atoms with Crippen molar-refractivity contribution in [1.82, 2.24) is 4.90 Å². The van der Waals surface area contributed by atoms with Gasteiger partial charge in [0.1, 0.15) is 0 Å². The average molecular weight is 484 g/mol. The van der Waals surface area contributed by atoms with Crippen LogP contribution in [0.5, 0.6) is 11.5 Å². The SMILES string of the molecule is CCOc1cc(/C=C2\SC(=O)N(Cc3ccc(Cl)cc3)C2=O)ccc1OC(=O)c1ccco1. The lowest BCUT2D eigenvalue weighted by Crippen LogP contribution is -2.27. The standard InChI is InChI=1S/C24H18ClNO6S/c1-2-30-20-12-16(7-10-18(20)32-23(28)19-4-3-11-31-19)13-21-22(27)26(24(29)33-21)14-15-5-8-17(25)9-6-15/h3-13H,2,14H2,1H3/b21-13-. The highest BCUT2D eigenvalue weighted by Crippen LogP contribution is 2.35. The van der Waals surface area contributed by atoms with Gasteiger partial charge in [-0.3, -0.25) is 14.5 Å². The summed E-state index contributed by atoms with van der Waals surface area (Å²) in [6.45, 7) is 2.30. The minimum absolute atomic E-state index is 0.0656. The molecule has 0 bridgehead atoms. The minimum Gasteiger partial charge on any atom is -0.490 e. The van der Waals surface area contributed by atoms with Gasteiger partial charge in [-0.1, -0.05) is 29.8 Å². The molecule has 1 aliphatic heterocycles. The van der Waals surface area contributed by atoms with Crippen LogP contribution in [0.4, 0.5) is 4.79 Å². The van der Waals surface area contributed by atoms with E-state index < -0.39 is 5.97 Å². The molecule has 0 aliphatic carbocycles. The van der Waals surface area contributed by atoms with Gasteiger partial charge in [-0.25, -0.2) is 4.79 Å². The average Bonchev–Trinajstić information content (AvgIpc) is 3.42. The maximum Gasteiger partial charge on any atom is 0.379 e. The number of carbonyl (C=O) groups excluding carboxylic acids is 3. The van der Waals surface area contributed by atoms with E-state index in [1.165, 1.54) is 17.2 Å². The lowest BCUT2D eigenvalue weighted by molar-refractivity contribution is -0.123. The van der Waals surface area contributed by atoms with Crippen LogP contribution in [-0.2, 0) is 11.3 Å². The van der Waals surface area contributed by atoms with Gasteiger partial charge in [0.15, 0.2) is 11.5 Å². The monoisotopic (exact) mass is 483 g/mol. The molecule has 1 aliphatic rings. The van der Waals surface area contributed by atoms with Crippen LogP contribution in [0.3, 0.4) is 0 Å². The van der Waals surface area contributed by atoms with Gasteiger partial charge >= 0.3 is 5.97 Å². The number of ether oxygens (including phenoxy) is 2. The van der Waals surface area contributed by atoms with Crippen molar-refractivity contribution in [2.24, 2.45) is 0 Å². The van der Waals surface area contributed by atoms with Crippen LogP contribution in [0.2, 0.25) is 5.02 Å². The molecule has 1 saturated heterocycles. The number of halogens is 1. The molecule has 9 heteroatoms. The molecule has 7 nitrogen and oxygen atoms in total. The number of benzene rings is 2. The fraction of sp³-hybridized carbons (Fsp3) is 0.125. The third-order valence-electron chi connectivity index (χ3n) is 4.62. The zero-order chi connectivity index (χ0) is 23.4. The molecule has 168 valence electrons. The Bertz CT molecular complexity index is 1220. The minimum atomic E-state index is -0.656. The highest BCUT2D eigenvalue weighted by Gasteiger charge is 2.35. The van der Waals surface area contributed by atoms with Crippen molar-refractivity contribution < 1.29 is 28.3 Å². The number of hydrogen-bond acceptors (Lipinski definition) is 7. The molecule has 33 heavy (non-hydrogen) atoms.